The van der Waals surface area contributed by atoms with E-state index >= 15 is 0 Å². The number of nitrogens with one attached hydrogen (secondary N) is 2. The van der Waals surface area contributed by atoms with Gasteiger partial charge in [-0.3, -0.25) is 4.99 Å². The van der Waals surface area contributed by atoms with Crippen LogP contribution in [0.3, 0.4) is 0 Å². The van der Waals surface area contributed by atoms with Gasteiger partial charge in [-0.15, -0.1) is 24.0 Å². The molecule has 1 aliphatic heterocycles. The molecule has 1 saturated heterocycles. The van der Waals surface area contributed by atoms with Crippen molar-refractivity contribution in [1.82, 2.24) is 10.6 Å². The molecule has 0 amide bonds. The molecule has 0 spiro atoms. The number of halogens is 1. The van der Waals surface area contributed by atoms with E-state index in [-0.39, 0.29) is 41.5 Å². The van der Waals surface area contributed by atoms with Crippen LogP contribution in [0.25, 0.3) is 0 Å². The number of nitrogens with zero attached hydrogens (tertiary/aromatic N) is 1. The average molecular weight is 453 g/mol. The van der Waals surface area contributed by atoms with Crippen molar-refractivity contribution in [3.8, 4) is 5.75 Å². The minimum atomic E-state index is -2.88. The normalized spacial score (nSPS) is 19.7. The monoisotopic (exact) mass is 453 g/mol. The molecule has 0 radical (unpaired) electrons. The van der Waals surface area contributed by atoms with E-state index in [0.29, 0.717) is 18.9 Å². The lowest BCUT2D eigenvalue weighted by molar-refractivity contribution is 0.414. The average Bonchev–Trinajstić information content (AvgIpc) is 2.85. The SMILES string of the molecule is CN=C(NCCc1cccc(OC)c1)NC1CCS(=O)(=O)C1.I. The third-order valence-corrected chi connectivity index (χ3v) is 5.41. The number of guanidine groups is 1. The van der Waals surface area contributed by atoms with Crippen molar-refractivity contribution in [1.29, 1.82) is 0 Å². The Balaban J connectivity index is 0.00000264. The van der Waals surface area contributed by atoms with Crippen LogP contribution in [-0.2, 0) is 16.3 Å². The molecule has 0 aliphatic carbocycles. The lowest BCUT2D eigenvalue weighted by Gasteiger charge is -2.16. The predicted octanol–water partition coefficient (Wildman–Crippen LogP) is 1.21. The van der Waals surface area contributed by atoms with Crippen LogP contribution in [0.4, 0.5) is 0 Å². The molecule has 1 atom stereocenters. The van der Waals surface area contributed by atoms with Crippen LogP contribution >= 0.6 is 24.0 Å². The lowest BCUT2D eigenvalue weighted by atomic mass is 10.1. The number of rotatable bonds is 5. The zero-order chi connectivity index (χ0) is 16.0. The maximum absolute atomic E-state index is 11.5. The molecule has 23 heavy (non-hydrogen) atoms. The van der Waals surface area contributed by atoms with Crippen molar-refractivity contribution < 1.29 is 13.2 Å². The van der Waals surface area contributed by atoms with Gasteiger partial charge in [0, 0.05) is 19.6 Å². The Morgan fingerprint density at radius 3 is 2.83 bits per heavy atom. The molecule has 0 saturated carbocycles. The third-order valence-electron chi connectivity index (χ3n) is 3.64. The van der Waals surface area contributed by atoms with Crippen molar-refractivity contribution in [2.45, 2.75) is 18.9 Å². The number of aliphatic imine (C=N–C) groups is 1. The first-order valence-electron chi connectivity index (χ1n) is 7.33. The van der Waals surface area contributed by atoms with E-state index in [2.05, 4.69) is 15.6 Å². The second-order valence-corrected chi connectivity index (χ2v) is 7.57. The quantitative estimate of drug-likeness (QED) is 0.398. The number of sulfone groups is 1. The highest BCUT2D eigenvalue weighted by Gasteiger charge is 2.28. The van der Waals surface area contributed by atoms with Crippen molar-refractivity contribution in [3.05, 3.63) is 29.8 Å². The van der Waals surface area contributed by atoms with E-state index in [1.165, 1.54) is 5.56 Å². The topological polar surface area (TPSA) is 79.8 Å². The minimum Gasteiger partial charge on any atom is -0.497 e. The van der Waals surface area contributed by atoms with Gasteiger partial charge in [-0.25, -0.2) is 8.42 Å². The molecule has 2 rings (SSSR count). The van der Waals surface area contributed by atoms with Gasteiger partial charge in [0.25, 0.3) is 0 Å². The summed E-state index contributed by atoms with van der Waals surface area (Å²) >= 11 is 0. The summed E-state index contributed by atoms with van der Waals surface area (Å²) in [6.45, 7) is 0.715. The fourth-order valence-corrected chi connectivity index (χ4v) is 4.12. The fraction of sp³-hybridized carbons (Fsp3) is 0.533. The zero-order valence-corrected chi connectivity index (χ0v) is 16.6. The van der Waals surface area contributed by atoms with Gasteiger partial charge in [0.15, 0.2) is 15.8 Å². The molecule has 0 bridgehead atoms. The van der Waals surface area contributed by atoms with Crippen molar-refractivity contribution in [2.75, 3.05) is 32.2 Å². The third kappa shape index (κ3) is 6.54. The number of hydrogen-bond acceptors (Lipinski definition) is 4. The van der Waals surface area contributed by atoms with Crippen LogP contribution in [0.15, 0.2) is 29.3 Å². The summed E-state index contributed by atoms with van der Waals surface area (Å²) in [4.78, 5) is 4.14. The Kier molecular flexibility index (Phi) is 8.10. The first-order valence-corrected chi connectivity index (χ1v) is 9.15. The summed E-state index contributed by atoms with van der Waals surface area (Å²) < 4.78 is 28.1. The molecule has 0 aromatic heterocycles. The first-order chi connectivity index (χ1) is 10.5. The van der Waals surface area contributed by atoms with Gasteiger partial charge < -0.3 is 15.4 Å². The summed E-state index contributed by atoms with van der Waals surface area (Å²) in [5.74, 6) is 1.93. The molecular formula is C15H24IN3O3S. The van der Waals surface area contributed by atoms with Gasteiger partial charge in [-0.1, -0.05) is 12.1 Å². The summed E-state index contributed by atoms with van der Waals surface area (Å²) in [6, 6.07) is 7.88. The minimum absolute atomic E-state index is 0. The predicted molar refractivity (Wildman–Crippen MR) is 104 cm³/mol. The van der Waals surface area contributed by atoms with Crippen molar-refractivity contribution in [2.24, 2.45) is 4.99 Å². The number of hydrogen-bond donors (Lipinski definition) is 2. The van der Waals surface area contributed by atoms with E-state index < -0.39 is 9.84 Å². The Morgan fingerprint density at radius 1 is 1.43 bits per heavy atom. The molecule has 1 unspecified atom stereocenters. The smallest absolute Gasteiger partial charge is 0.191 e. The van der Waals surface area contributed by atoms with Crippen molar-refractivity contribution >= 4 is 39.8 Å². The molecule has 8 heteroatoms. The molecule has 6 nitrogen and oxygen atoms in total. The highest BCUT2D eigenvalue weighted by Crippen LogP contribution is 2.13. The standard InChI is InChI=1S/C15H23N3O3S.HI/c1-16-15(18-13-7-9-22(19,20)11-13)17-8-6-12-4-3-5-14(10-12)21-2;/h3-5,10,13H,6-9,11H2,1-2H3,(H2,16,17,18);1H. The summed E-state index contributed by atoms with van der Waals surface area (Å²) in [5, 5.41) is 6.38. The maximum atomic E-state index is 11.5. The van der Waals surface area contributed by atoms with E-state index in [1.807, 2.05) is 24.3 Å². The number of ether oxygens (including phenoxy) is 1. The van der Waals surface area contributed by atoms with Gasteiger partial charge in [-0.2, -0.15) is 0 Å². The fourth-order valence-electron chi connectivity index (χ4n) is 2.45. The molecule has 2 N–H and O–H groups in total. The lowest BCUT2D eigenvalue weighted by Crippen LogP contribution is -2.44. The summed E-state index contributed by atoms with van der Waals surface area (Å²) in [7, 11) is 0.457. The van der Waals surface area contributed by atoms with Crippen LogP contribution in [-0.4, -0.2) is 52.6 Å². The van der Waals surface area contributed by atoms with Crippen LogP contribution in [0, 0.1) is 0 Å². The van der Waals surface area contributed by atoms with Gasteiger partial charge in [0.2, 0.25) is 0 Å². The molecule has 1 heterocycles. The second-order valence-electron chi connectivity index (χ2n) is 5.34. The molecule has 1 aliphatic rings. The van der Waals surface area contributed by atoms with Gasteiger partial charge in [-0.05, 0) is 30.5 Å². The van der Waals surface area contributed by atoms with Gasteiger partial charge in [0.1, 0.15) is 5.75 Å². The van der Waals surface area contributed by atoms with E-state index in [1.54, 1.807) is 14.2 Å². The Morgan fingerprint density at radius 2 is 2.22 bits per heavy atom. The van der Waals surface area contributed by atoms with E-state index in [9.17, 15) is 8.42 Å². The van der Waals surface area contributed by atoms with E-state index in [4.69, 9.17) is 4.74 Å². The Hall–Kier alpha value is -1.03. The molecule has 130 valence electrons. The molecule has 1 aromatic rings. The van der Waals surface area contributed by atoms with Crippen LogP contribution < -0.4 is 15.4 Å². The highest BCUT2D eigenvalue weighted by molar-refractivity contribution is 14.0. The highest BCUT2D eigenvalue weighted by atomic mass is 127. The Labute approximate surface area is 155 Å². The molecule has 1 aromatic carbocycles. The first kappa shape index (κ1) is 20.0. The van der Waals surface area contributed by atoms with Crippen LogP contribution in [0.2, 0.25) is 0 Å². The van der Waals surface area contributed by atoms with Gasteiger partial charge >= 0.3 is 0 Å². The molecule has 1 fully saturated rings. The van der Waals surface area contributed by atoms with Crippen LogP contribution in [0.5, 0.6) is 5.75 Å². The summed E-state index contributed by atoms with van der Waals surface area (Å²) in [5.41, 5.74) is 1.17. The van der Waals surface area contributed by atoms with E-state index in [0.717, 1.165) is 12.2 Å². The van der Waals surface area contributed by atoms with Crippen LogP contribution in [0.1, 0.15) is 12.0 Å². The second kappa shape index (κ2) is 9.31. The largest absolute Gasteiger partial charge is 0.497 e. The number of methoxy groups -OCH3 is 1. The maximum Gasteiger partial charge on any atom is 0.191 e. The van der Waals surface area contributed by atoms with Crippen molar-refractivity contribution in [3.63, 3.8) is 0 Å². The summed E-state index contributed by atoms with van der Waals surface area (Å²) in [6.07, 6.45) is 1.47. The zero-order valence-electron chi connectivity index (χ0n) is 13.4. The Bertz CT molecular complexity index is 635. The molecular weight excluding hydrogens is 429 g/mol. The van der Waals surface area contributed by atoms with Gasteiger partial charge in [0.05, 0.1) is 18.6 Å². The number of benzene rings is 1.